The minimum atomic E-state index is -0.0216. The fourth-order valence-electron chi connectivity index (χ4n) is 2.65. The van der Waals surface area contributed by atoms with Gasteiger partial charge in [-0.15, -0.1) is 24.0 Å². The summed E-state index contributed by atoms with van der Waals surface area (Å²) in [6, 6.07) is 0. The van der Waals surface area contributed by atoms with Gasteiger partial charge in [0, 0.05) is 25.0 Å². The maximum absolute atomic E-state index is 5.79. The first-order valence-corrected chi connectivity index (χ1v) is 8.54. The summed E-state index contributed by atoms with van der Waals surface area (Å²) >= 11 is 0. The molecule has 0 saturated carbocycles. The molecule has 1 unspecified atom stereocenters. The van der Waals surface area contributed by atoms with Crippen LogP contribution in [0.1, 0.15) is 45.8 Å². The van der Waals surface area contributed by atoms with Crippen molar-refractivity contribution in [3.63, 3.8) is 0 Å². The molecule has 1 aromatic rings. The fourth-order valence-corrected chi connectivity index (χ4v) is 2.65. The molecule has 2 heterocycles. The molecular formula is C17H32IN5O. The second-order valence-electron chi connectivity index (χ2n) is 7.36. The molecule has 0 amide bonds. The minimum absolute atomic E-state index is 0. The third-order valence-electron chi connectivity index (χ3n) is 4.06. The smallest absolute Gasteiger partial charge is 0.216 e. The first-order chi connectivity index (χ1) is 10.9. The van der Waals surface area contributed by atoms with Crippen molar-refractivity contribution < 1.29 is 4.42 Å². The lowest BCUT2D eigenvalue weighted by molar-refractivity contribution is 0.383. The van der Waals surface area contributed by atoms with Crippen molar-refractivity contribution in [2.75, 3.05) is 33.2 Å². The van der Waals surface area contributed by atoms with E-state index in [4.69, 9.17) is 4.42 Å². The van der Waals surface area contributed by atoms with Gasteiger partial charge in [0.1, 0.15) is 12.3 Å². The summed E-state index contributed by atoms with van der Waals surface area (Å²) in [6.07, 6.45) is 3.05. The van der Waals surface area contributed by atoms with Gasteiger partial charge in [0.25, 0.3) is 0 Å². The largest absolute Gasteiger partial charge is 0.443 e. The number of oxazole rings is 1. The standard InChI is InChI=1S/C17H31N5O.HI/c1-6-18-16(20-9-13-7-8-22(5)12-13)21-11-15-19-10-14(23-15)17(2,3)4;/h10,13H,6-9,11-12H2,1-5H3,(H2,18,20,21);1H. The molecule has 1 fully saturated rings. The third kappa shape index (κ3) is 6.58. The monoisotopic (exact) mass is 449 g/mol. The molecule has 138 valence electrons. The Morgan fingerprint density at radius 3 is 2.71 bits per heavy atom. The van der Waals surface area contributed by atoms with Gasteiger partial charge in [-0.3, -0.25) is 0 Å². The Morgan fingerprint density at radius 2 is 2.17 bits per heavy atom. The Balaban J connectivity index is 0.00000288. The van der Waals surface area contributed by atoms with Crippen LogP contribution in [-0.2, 0) is 12.0 Å². The van der Waals surface area contributed by atoms with Crippen LogP contribution in [-0.4, -0.2) is 49.1 Å². The molecule has 1 aromatic heterocycles. The van der Waals surface area contributed by atoms with Crippen molar-refractivity contribution in [2.24, 2.45) is 10.9 Å². The van der Waals surface area contributed by atoms with Crippen molar-refractivity contribution >= 4 is 29.9 Å². The number of guanidine groups is 1. The number of nitrogens with one attached hydrogen (secondary N) is 2. The van der Waals surface area contributed by atoms with Gasteiger partial charge >= 0.3 is 0 Å². The Morgan fingerprint density at radius 1 is 1.42 bits per heavy atom. The maximum Gasteiger partial charge on any atom is 0.216 e. The number of halogens is 1. The molecule has 0 aliphatic carbocycles. The lowest BCUT2D eigenvalue weighted by Crippen LogP contribution is -2.40. The number of hydrogen-bond donors (Lipinski definition) is 2. The van der Waals surface area contributed by atoms with Crippen LogP contribution in [0.2, 0.25) is 0 Å². The normalized spacial score (nSPS) is 19.2. The van der Waals surface area contributed by atoms with E-state index in [1.165, 1.54) is 13.0 Å². The molecule has 1 atom stereocenters. The van der Waals surface area contributed by atoms with E-state index in [1.54, 1.807) is 6.20 Å². The summed E-state index contributed by atoms with van der Waals surface area (Å²) in [6.45, 7) is 13.0. The Labute approximate surface area is 162 Å². The van der Waals surface area contributed by atoms with Gasteiger partial charge in [-0.05, 0) is 32.9 Å². The van der Waals surface area contributed by atoms with Crippen LogP contribution in [0.25, 0.3) is 0 Å². The molecule has 0 radical (unpaired) electrons. The van der Waals surface area contributed by atoms with Crippen LogP contribution in [0.5, 0.6) is 0 Å². The fraction of sp³-hybridized carbons (Fsp3) is 0.765. The van der Waals surface area contributed by atoms with E-state index in [-0.39, 0.29) is 29.4 Å². The quantitative estimate of drug-likeness (QED) is 0.411. The van der Waals surface area contributed by atoms with E-state index in [0.29, 0.717) is 18.4 Å². The first kappa shape index (κ1) is 21.2. The molecule has 0 aromatic carbocycles. The van der Waals surface area contributed by atoms with Crippen molar-refractivity contribution in [3.8, 4) is 0 Å². The van der Waals surface area contributed by atoms with Crippen LogP contribution in [0.15, 0.2) is 15.6 Å². The molecule has 0 bridgehead atoms. The maximum atomic E-state index is 5.79. The SMILES string of the molecule is CCNC(=NCc1ncc(C(C)(C)C)o1)NCC1CCN(C)C1.I. The second-order valence-corrected chi connectivity index (χ2v) is 7.36. The van der Waals surface area contributed by atoms with Crippen LogP contribution in [0, 0.1) is 5.92 Å². The summed E-state index contributed by atoms with van der Waals surface area (Å²) in [7, 11) is 2.18. The molecule has 1 aliphatic heterocycles. The van der Waals surface area contributed by atoms with Crippen molar-refractivity contribution in [3.05, 3.63) is 17.8 Å². The zero-order chi connectivity index (χ0) is 16.9. The van der Waals surface area contributed by atoms with Crippen LogP contribution in [0.4, 0.5) is 0 Å². The highest BCUT2D eigenvalue weighted by Crippen LogP contribution is 2.22. The molecule has 6 nitrogen and oxygen atoms in total. The predicted molar refractivity (Wildman–Crippen MR) is 109 cm³/mol. The van der Waals surface area contributed by atoms with E-state index in [1.807, 2.05) is 0 Å². The van der Waals surface area contributed by atoms with Gasteiger partial charge in [0.2, 0.25) is 5.89 Å². The van der Waals surface area contributed by atoms with Crippen molar-refractivity contribution in [2.45, 2.75) is 46.1 Å². The Hall–Kier alpha value is -0.830. The molecule has 0 spiro atoms. The van der Waals surface area contributed by atoms with Crippen LogP contribution >= 0.6 is 24.0 Å². The van der Waals surface area contributed by atoms with Crippen LogP contribution < -0.4 is 10.6 Å². The van der Waals surface area contributed by atoms with Gasteiger partial charge in [-0.25, -0.2) is 9.98 Å². The van der Waals surface area contributed by atoms with E-state index < -0.39 is 0 Å². The number of hydrogen-bond acceptors (Lipinski definition) is 4. The second kappa shape index (κ2) is 9.60. The van der Waals surface area contributed by atoms with Crippen molar-refractivity contribution in [1.82, 2.24) is 20.5 Å². The van der Waals surface area contributed by atoms with E-state index in [2.05, 4.69) is 60.3 Å². The lowest BCUT2D eigenvalue weighted by Gasteiger charge is -2.15. The average Bonchev–Trinajstić information content (AvgIpc) is 3.10. The minimum Gasteiger partial charge on any atom is -0.443 e. The predicted octanol–water partition coefficient (Wildman–Crippen LogP) is 2.60. The van der Waals surface area contributed by atoms with Gasteiger partial charge < -0.3 is 20.0 Å². The highest BCUT2D eigenvalue weighted by atomic mass is 127. The van der Waals surface area contributed by atoms with Gasteiger partial charge in [-0.2, -0.15) is 0 Å². The summed E-state index contributed by atoms with van der Waals surface area (Å²) in [5.74, 6) is 3.08. The van der Waals surface area contributed by atoms with Crippen LogP contribution in [0.3, 0.4) is 0 Å². The molecular weight excluding hydrogens is 417 g/mol. The summed E-state index contributed by atoms with van der Waals surface area (Å²) in [4.78, 5) is 11.3. The van der Waals surface area contributed by atoms with E-state index in [0.717, 1.165) is 31.4 Å². The Kier molecular flexibility index (Phi) is 8.49. The average molecular weight is 449 g/mol. The van der Waals surface area contributed by atoms with Gasteiger partial charge in [-0.1, -0.05) is 20.8 Å². The zero-order valence-electron chi connectivity index (χ0n) is 15.6. The van der Waals surface area contributed by atoms with Crippen molar-refractivity contribution in [1.29, 1.82) is 0 Å². The Bertz CT molecular complexity index is 523. The summed E-state index contributed by atoms with van der Waals surface area (Å²) in [5, 5.41) is 6.71. The molecule has 7 heteroatoms. The summed E-state index contributed by atoms with van der Waals surface area (Å²) < 4.78 is 5.79. The zero-order valence-corrected chi connectivity index (χ0v) is 17.9. The topological polar surface area (TPSA) is 65.7 Å². The number of rotatable bonds is 5. The molecule has 24 heavy (non-hydrogen) atoms. The highest BCUT2D eigenvalue weighted by molar-refractivity contribution is 14.0. The number of likely N-dealkylation sites (tertiary alicyclic amines) is 1. The van der Waals surface area contributed by atoms with E-state index in [9.17, 15) is 0 Å². The van der Waals surface area contributed by atoms with Gasteiger partial charge in [0.05, 0.1) is 6.20 Å². The number of aliphatic imine (C=N–C) groups is 1. The number of aromatic nitrogens is 1. The van der Waals surface area contributed by atoms with E-state index >= 15 is 0 Å². The molecule has 1 saturated heterocycles. The summed E-state index contributed by atoms with van der Waals surface area (Å²) in [5.41, 5.74) is -0.0216. The van der Waals surface area contributed by atoms with Gasteiger partial charge in [0.15, 0.2) is 5.96 Å². The highest BCUT2D eigenvalue weighted by Gasteiger charge is 2.20. The lowest BCUT2D eigenvalue weighted by atomic mass is 9.94. The first-order valence-electron chi connectivity index (χ1n) is 8.54. The molecule has 1 aliphatic rings. The molecule has 2 N–H and O–H groups in total. The number of nitrogens with zero attached hydrogens (tertiary/aromatic N) is 3. The molecule has 2 rings (SSSR count). The third-order valence-corrected chi connectivity index (χ3v) is 4.06.